The fraction of sp³-hybridized carbons (Fsp3) is 1.00. The molecule has 0 aliphatic carbocycles. The van der Waals surface area contributed by atoms with Gasteiger partial charge in [0.15, 0.2) is 0 Å². The Labute approximate surface area is 248 Å². The zero-order chi connectivity index (χ0) is 27.3. The standard InChI is InChI=1S/8C4H9.3Ti/c8*1-4(2)3;;;/h8*4H,1H2,2-3H3;;;/q;;;;;;;;2*-2;+4. The van der Waals surface area contributed by atoms with E-state index in [0.29, 0.717) is 0 Å². The Morgan fingerprint density at radius 1 is 0.257 bits per heavy atom. The second-order valence-corrected chi connectivity index (χ2v) is 30.3. The number of hydrogen-bond donors (Lipinski definition) is 0. The third-order valence-corrected chi connectivity index (χ3v) is 27.7. The first-order valence-electron chi connectivity index (χ1n) is 15.3. The van der Waals surface area contributed by atoms with Gasteiger partial charge in [-0.05, 0) is 0 Å². The Morgan fingerprint density at radius 3 is 0.400 bits per heavy atom. The Hall–Kier alpha value is 2.14. The van der Waals surface area contributed by atoms with E-state index in [-0.39, 0.29) is 21.7 Å². The van der Waals surface area contributed by atoms with Gasteiger partial charge in [-0.2, -0.15) is 0 Å². The molecule has 0 saturated carbocycles. The Balaban J connectivity index is -0.000000569. The summed E-state index contributed by atoms with van der Waals surface area (Å²) < 4.78 is 12.7. The second-order valence-electron chi connectivity index (χ2n) is 15.8. The summed E-state index contributed by atoms with van der Waals surface area (Å²) in [6.45, 7) is 38.9. The maximum absolute atomic E-state index is 2.43. The molecular formula is C32H72Ti3. The zero-order valence-electron chi connectivity index (χ0n) is 27.8. The zero-order valence-corrected chi connectivity index (χ0v) is 32.5. The molecule has 0 nitrogen and oxygen atoms in total. The minimum Gasteiger partial charge on any atom is 4.00 e. The smallest absolute Gasteiger partial charge is 4.00 e. The van der Waals surface area contributed by atoms with Gasteiger partial charge in [-0.15, -0.1) is 0 Å². The van der Waals surface area contributed by atoms with Crippen LogP contribution in [0.5, 0.6) is 0 Å². The summed E-state index contributed by atoms with van der Waals surface area (Å²) in [5, 5.41) is 0. The molecule has 0 rings (SSSR count). The van der Waals surface area contributed by atoms with E-state index in [2.05, 4.69) is 111 Å². The van der Waals surface area contributed by atoms with Crippen LogP contribution in [0.15, 0.2) is 0 Å². The Kier molecular flexibility index (Phi) is 24.9. The molecule has 0 saturated heterocycles. The Morgan fingerprint density at radius 2 is 0.343 bits per heavy atom. The summed E-state index contributed by atoms with van der Waals surface area (Å²) in [5.74, 6) is 7.27. The predicted molar refractivity (Wildman–Crippen MR) is 157 cm³/mol. The van der Waals surface area contributed by atoms with E-state index in [0.717, 1.165) is 47.3 Å². The molecule has 0 heterocycles. The summed E-state index contributed by atoms with van der Waals surface area (Å²) in [6, 6.07) is 0. The summed E-state index contributed by atoms with van der Waals surface area (Å²) >= 11 is -3.24. The van der Waals surface area contributed by atoms with Gasteiger partial charge in [-0.1, -0.05) is 0 Å². The van der Waals surface area contributed by atoms with Gasteiger partial charge in [0.1, 0.15) is 0 Å². The van der Waals surface area contributed by atoms with E-state index >= 15 is 0 Å². The molecule has 0 amide bonds. The van der Waals surface area contributed by atoms with Crippen molar-refractivity contribution in [3.05, 3.63) is 0 Å². The van der Waals surface area contributed by atoms with Crippen LogP contribution in [0.1, 0.15) is 111 Å². The third-order valence-electron chi connectivity index (χ3n) is 6.73. The first kappa shape index (κ1) is 41.6. The topological polar surface area (TPSA) is 0 Å². The molecule has 0 aromatic heterocycles. The van der Waals surface area contributed by atoms with Crippen molar-refractivity contribution in [2.45, 2.75) is 149 Å². The van der Waals surface area contributed by atoms with Crippen LogP contribution in [0.4, 0.5) is 0 Å². The van der Waals surface area contributed by atoms with Gasteiger partial charge in [0.25, 0.3) is 0 Å². The van der Waals surface area contributed by atoms with Gasteiger partial charge in [0.05, 0.1) is 0 Å². The van der Waals surface area contributed by atoms with Gasteiger partial charge >= 0.3 is 251 Å². The maximum atomic E-state index is 2.43. The number of rotatable bonds is 16. The van der Waals surface area contributed by atoms with Gasteiger partial charge in [0, 0.05) is 0 Å². The van der Waals surface area contributed by atoms with Crippen LogP contribution in [0.3, 0.4) is 0 Å². The molecule has 35 heavy (non-hydrogen) atoms. The summed E-state index contributed by atoms with van der Waals surface area (Å²) in [4.78, 5) is 0. The average molecular weight is 601 g/mol. The maximum Gasteiger partial charge on any atom is 4.00 e. The largest absolute Gasteiger partial charge is 4.00 e. The van der Waals surface area contributed by atoms with E-state index < -0.39 is 33.2 Å². The van der Waals surface area contributed by atoms with Crippen LogP contribution in [0.2, 0.25) is 37.8 Å². The van der Waals surface area contributed by atoms with E-state index in [1.54, 1.807) is 37.8 Å². The molecular weight excluding hydrogens is 528 g/mol. The van der Waals surface area contributed by atoms with Gasteiger partial charge in [0.2, 0.25) is 0 Å². The average Bonchev–Trinajstić information content (AvgIpc) is 2.48. The van der Waals surface area contributed by atoms with Crippen LogP contribution >= 0.6 is 0 Å². The SMILES string of the molecule is CC(C)[CH2][Ti-2]([CH2]C(C)C)([CH2]C(C)C)[CH2]C(C)C.CC(C)[CH2][Ti-2]([CH2]C(C)C)([CH2]C(C)C)[CH2]C(C)C.[Ti+4]. The van der Waals surface area contributed by atoms with Crippen LogP contribution in [-0.2, 0) is 54.9 Å². The Bertz CT molecular complexity index is 340. The summed E-state index contributed by atoms with van der Waals surface area (Å²) in [7, 11) is 0. The molecule has 0 bridgehead atoms. The fourth-order valence-corrected chi connectivity index (χ4v) is 32.7. The van der Waals surface area contributed by atoms with Crippen LogP contribution in [0.25, 0.3) is 0 Å². The fourth-order valence-electron chi connectivity index (χ4n) is 7.93. The first-order chi connectivity index (χ1) is 15.3. The molecule has 0 radical (unpaired) electrons. The molecule has 0 aromatic rings. The first-order valence-corrected chi connectivity index (χ1v) is 24.2. The molecule has 0 spiro atoms. The second kappa shape index (κ2) is 21.0. The molecule has 0 aliphatic rings. The van der Waals surface area contributed by atoms with Crippen LogP contribution in [0, 0.1) is 47.3 Å². The molecule has 0 atom stereocenters. The van der Waals surface area contributed by atoms with Crippen molar-refractivity contribution in [2.75, 3.05) is 0 Å². The number of hydrogen-bond acceptors (Lipinski definition) is 0. The van der Waals surface area contributed by atoms with Crippen molar-refractivity contribution in [2.24, 2.45) is 47.3 Å². The van der Waals surface area contributed by atoms with E-state index in [9.17, 15) is 0 Å². The van der Waals surface area contributed by atoms with E-state index in [1.807, 2.05) is 0 Å². The predicted octanol–water partition coefficient (Wildman–Crippen LogP) is 12.9. The molecule has 0 N–H and O–H groups in total. The van der Waals surface area contributed by atoms with Crippen molar-refractivity contribution in [3.8, 4) is 0 Å². The minimum atomic E-state index is -1.62. The van der Waals surface area contributed by atoms with Crippen molar-refractivity contribution in [1.29, 1.82) is 0 Å². The molecule has 0 aliphatic heterocycles. The molecule has 0 unspecified atom stereocenters. The van der Waals surface area contributed by atoms with Crippen molar-refractivity contribution in [1.82, 2.24) is 0 Å². The normalized spacial score (nSPS) is 13.9. The van der Waals surface area contributed by atoms with Crippen molar-refractivity contribution < 1.29 is 54.9 Å². The third kappa shape index (κ3) is 23.7. The summed E-state index contributed by atoms with van der Waals surface area (Å²) in [5.41, 5.74) is 0. The van der Waals surface area contributed by atoms with Crippen LogP contribution in [-0.4, -0.2) is 0 Å². The molecule has 0 fully saturated rings. The van der Waals surface area contributed by atoms with E-state index in [1.165, 1.54) is 0 Å². The van der Waals surface area contributed by atoms with E-state index in [4.69, 9.17) is 0 Å². The molecule has 3 heteroatoms. The molecule has 0 aromatic carbocycles. The van der Waals surface area contributed by atoms with Gasteiger partial charge < -0.3 is 0 Å². The quantitative estimate of drug-likeness (QED) is 0.155. The minimum absolute atomic E-state index is 0. The van der Waals surface area contributed by atoms with Gasteiger partial charge in [-0.3, -0.25) is 0 Å². The van der Waals surface area contributed by atoms with Crippen molar-refractivity contribution >= 4 is 0 Å². The molecule has 212 valence electrons. The van der Waals surface area contributed by atoms with Crippen molar-refractivity contribution in [3.63, 3.8) is 0 Å². The monoisotopic (exact) mass is 600 g/mol. The van der Waals surface area contributed by atoms with Crippen LogP contribution < -0.4 is 0 Å². The summed E-state index contributed by atoms with van der Waals surface area (Å²) in [6.07, 6.45) is 0. The van der Waals surface area contributed by atoms with Gasteiger partial charge in [-0.25, -0.2) is 0 Å².